The molecule has 0 saturated heterocycles. The second-order valence-corrected chi connectivity index (χ2v) is 5.45. The number of ether oxygens (including phenoxy) is 1. The van der Waals surface area contributed by atoms with Gasteiger partial charge in [-0.25, -0.2) is 0 Å². The van der Waals surface area contributed by atoms with E-state index in [4.69, 9.17) is 4.74 Å². The van der Waals surface area contributed by atoms with E-state index in [0.29, 0.717) is 5.92 Å². The lowest BCUT2D eigenvalue weighted by molar-refractivity contribution is 0.414. The molecule has 1 N–H and O–H groups in total. The summed E-state index contributed by atoms with van der Waals surface area (Å²) in [5.74, 6) is 1.48. The summed E-state index contributed by atoms with van der Waals surface area (Å²) in [7, 11) is 1.69. The predicted molar refractivity (Wildman–Crippen MR) is 89.4 cm³/mol. The molecule has 0 radical (unpaired) electrons. The molecule has 1 aromatic heterocycles. The number of hydrogen-bond donors (Lipinski definition) is 1. The normalized spacial score (nSPS) is 10.3. The number of halogens is 1. The van der Waals surface area contributed by atoms with Gasteiger partial charge in [0.2, 0.25) is 0 Å². The Balaban J connectivity index is 0.00000220. The summed E-state index contributed by atoms with van der Waals surface area (Å²) >= 11 is 0. The van der Waals surface area contributed by atoms with Gasteiger partial charge in [0.1, 0.15) is 5.75 Å². The summed E-state index contributed by atoms with van der Waals surface area (Å²) in [4.78, 5) is 0. The van der Waals surface area contributed by atoms with Crippen molar-refractivity contribution in [1.82, 2.24) is 9.78 Å². The molecule has 21 heavy (non-hydrogen) atoms. The van der Waals surface area contributed by atoms with Crippen LogP contribution in [0.3, 0.4) is 0 Å². The maximum Gasteiger partial charge on any atom is 0.119 e. The van der Waals surface area contributed by atoms with Crippen molar-refractivity contribution in [3.63, 3.8) is 0 Å². The lowest BCUT2D eigenvalue weighted by Crippen LogP contribution is -2.04. The average Bonchev–Trinajstić information content (AvgIpc) is 2.76. The lowest BCUT2D eigenvalue weighted by Gasteiger charge is -2.07. The van der Waals surface area contributed by atoms with E-state index >= 15 is 0 Å². The molecule has 4 nitrogen and oxygen atoms in total. The van der Waals surface area contributed by atoms with Gasteiger partial charge in [-0.1, -0.05) is 26.0 Å². The molecular formula is C16H24ClN3O. The highest BCUT2D eigenvalue weighted by Crippen LogP contribution is 2.17. The summed E-state index contributed by atoms with van der Waals surface area (Å²) in [6, 6.07) is 8.09. The smallest absolute Gasteiger partial charge is 0.119 e. The third-order valence-electron chi connectivity index (χ3n) is 3.12. The Morgan fingerprint density at radius 1 is 1.33 bits per heavy atom. The van der Waals surface area contributed by atoms with Crippen molar-refractivity contribution in [2.75, 3.05) is 12.4 Å². The van der Waals surface area contributed by atoms with Crippen LogP contribution in [0.1, 0.15) is 25.1 Å². The molecule has 0 aliphatic carbocycles. The Morgan fingerprint density at radius 3 is 2.76 bits per heavy atom. The molecule has 2 rings (SSSR count). The minimum absolute atomic E-state index is 0. The quantitative estimate of drug-likeness (QED) is 0.880. The minimum Gasteiger partial charge on any atom is -0.497 e. The number of nitrogens with zero attached hydrogens (tertiary/aromatic N) is 2. The number of benzene rings is 1. The monoisotopic (exact) mass is 309 g/mol. The van der Waals surface area contributed by atoms with Gasteiger partial charge in [-0.2, -0.15) is 5.10 Å². The fraction of sp³-hybridized carbons (Fsp3) is 0.438. The molecule has 0 aliphatic heterocycles. The molecule has 2 aromatic rings. The number of methoxy groups -OCH3 is 1. The molecular weight excluding hydrogens is 286 g/mol. The molecule has 5 heteroatoms. The lowest BCUT2D eigenvalue weighted by atomic mass is 10.2. The van der Waals surface area contributed by atoms with Crippen LogP contribution in [0.5, 0.6) is 5.75 Å². The van der Waals surface area contributed by atoms with Crippen LogP contribution in [0.25, 0.3) is 0 Å². The van der Waals surface area contributed by atoms with E-state index in [9.17, 15) is 0 Å². The van der Waals surface area contributed by atoms with E-state index in [2.05, 4.69) is 36.5 Å². The first-order valence-corrected chi connectivity index (χ1v) is 6.99. The molecule has 0 saturated carbocycles. The Hall–Kier alpha value is -1.68. The number of nitrogens with one attached hydrogen (secondary N) is 1. The van der Waals surface area contributed by atoms with Gasteiger partial charge in [0.05, 0.1) is 18.5 Å². The first-order valence-electron chi connectivity index (χ1n) is 6.99. The minimum atomic E-state index is 0. The van der Waals surface area contributed by atoms with E-state index in [0.717, 1.165) is 30.2 Å². The Labute approximate surface area is 132 Å². The number of hydrogen-bond acceptors (Lipinski definition) is 3. The van der Waals surface area contributed by atoms with E-state index < -0.39 is 0 Å². The Morgan fingerprint density at radius 2 is 2.10 bits per heavy atom. The third-order valence-corrected chi connectivity index (χ3v) is 3.12. The molecule has 1 aromatic carbocycles. The van der Waals surface area contributed by atoms with Crippen molar-refractivity contribution in [2.45, 2.75) is 33.9 Å². The first-order chi connectivity index (χ1) is 9.58. The zero-order valence-corrected chi connectivity index (χ0v) is 13.9. The van der Waals surface area contributed by atoms with Crippen LogP contribution in [0.15, 0.2) is 30.5 Å². The fourth-order valence-corrected chi connectivity index (χ4v) is 2.14. The molecule has 0 spiro atoms. The molecule has 0 aliphatic rings. The van der Waals surface area contributed by atoms with Crippen LogP contribution >= 0.6 is 12.4 Å². The van der Waals surface area contributed by atoms with Crippen molar-refractivity contribution >= 4 is 18.1 Å². The standard InChI is InChI=1S/C16H23N3O.ClH/c1-12(2)10-19-11-16(13(3)18-19)17-9-14-6-5-7-15(8-14)20-4;/h5-8,11-12,17H,9-10H2,1-4H3;1H. The number of aryl methyl sites for hydroxylation is 1. The van der Waals surface area contributed by atoms with Gasteiger partial charge in [0.25, 0.3) is 0 Å². The SMILES string of the molecule is COc1cccc(CNc2cn(CC(C)C)nc2C)c1.Cl. The summed E-state index contributed by atoms with van der Waals surface area (Å²) in [5, 5.41) is 7.96. The molecule has 0 unspecified atom stereocenters. The van der Waals surface area contributed by atoms with E-state index in [1.54, 1.807) is 7.11 Å². The second-order valence-electron chi connectivity index (χ2n) is 5.45. The van der Waals surface area contributed by atoms with E-state index in [1.807, 2.05) is 29.8 Å². The molecule has 1 heterocycles. The van der Waals surface area contributed by atoms with Crippen molar-refractivity contribution in [3.05, 3.63) is 41.7 Å². The van der Waals surface area contributed by atoms with E-state index in [1.165, 1.54) is 5.56 Å². The summed E-state index contributed by atoms with van der Waals surface area (Å²) in [5.41, 5.74) is 3.32. The summed E-state index contributed by atoms with van der Waals surface area (Å²) in [6.07, 6.45) is 2.08. The van der Waals surface area contributed by atoms with Gasteiger partial charge in [-0.05, 0) is 30.5 Å². The number of rotatable bonds is 6. The molecule has 0 amide bonds. The Kier molecular flexibility index (Phi) is 6.56. The van der Waals surface area contributed by atoms with Crippen molar-refractivity contribution in [2.24, 2.45) is 5.92 Å². The Bertz CT molecular complexity index is 566. The highest BCUT2D eigenvalue weighted by molar-refractivity contribution is 5.85. The van der Waals surface area contributed by atoms with Crippen LogP contribution in [0, 0.1) is 12.8 Å². The van der Waals surface area contributed by atoms with Crippen LogP contribution in [-0.4, -0.2) is 16.9 Å². The van der Waals surface area contributed by atoms with Crippen molar-refractivity contribution in [3.8, 4) is 5.75 Å². The maximum absolute atomic E-state index is 5.23. The maximum atomic E-state index is 5.23. The van der Waals surface area contributed by atoms with Crippen LogP contribution in [-0.2, 0) is 13.1 Å². The zero-order chi connectivity index (χ0) is 14.5. The largest absolute Gasteiger partial charge is 0.497 e. The topological polar surface area (TPSA) is 39.1 Å². The summed E-state index contributed by atoms with van der Waals surface area (Å²) < 4.78 is 7.24. The van der Waals surface area contributed by atoms with Crippen molar-refractivity contribution in [1.29, 1.82) is 0 Å². The summed E-state index contributed by atoms with van der Waals surface area (Å²) in [6.45, 7) is 8.14. The van der Waals surface area contributed by atoms with E-state index in [-0.39, 0.29) is 12.4 Å². The van der Waals surface area contributed by atoms with Crippen LogP contribution < -0.4 is 10.1 Å². The highest BCUT2D eigenvalue weighted by atomic mass is 35.5. The van der Waals surface area contributed by atoms with Gasteiger partial charge >= 0.3 is 0 Å². The van der Waals surface area contributed by atoms with Crippen molar-refractivity contribution < 1.29 is 4.74 Å². The number of anilines is 1. The third kappa shape index (κ3) is 4.97. The first kappa shape index (κ1) is 17.4. The zero-order valence-electron chi connectivity index (χ0n) is 13.1. The molecule has 0 bridgehead atoms. The van der Waals surface area contributed by atoms with Gasteiger partial charge in [0, 0.05) is 19.3 Å². The highest BCUT2D eigenvalue weighted by Gasteiger charge is 2.06. The van der Waals surface area contributed by atoms with Gasteiger partial charge in [0.15, 0.2) is 0 Å². The molecule has 116 valence electrons. The average molecular weight is 310 g/mol. The fourth-order valence-electron chi connectivity index (χ4n) is 2.14. The van der Waals surface area contributed by atoms with Crippen LogP contribution in [0.4, 0.5) is 5.69 Å². The second kappa shape index (κ2) is 7.93. The van der Waals surface area contributed by atoms with Gasteiger partial charge in [-0.3, -0.25) is 4.68 Å². The van der Waals surface area contributed by atoms with Gasteiger partial charge < -0.3 is 10.1 Å². The predicted octanol–water partition coefficient (Wildman–Crippen LogP) is 3.89. The van der Waals surface area contributed by atoms with Crippen LogP contribution in [0.2, 0.25) is 0 Å². The molecule has 0 atom stereocenters. The number of aromatic nitrogens is 2. The molecule has 0 fully saturated rings. The van der Waals surface area contributed by atoms with Gasteiger partial charge in [-0.15, -0.1) is 12.4 Å².